The molecular weight excluding hydrogens is 360 g/mol. The SMILES string of the molecule is COc1cccc(CCN(C(=O)O)C(c2cccc([N+](=O)[O-])c2)C(C)(C)C)c1. The van der Waals surface area contributed by atoms with Crippen molar-refractivity contribution in [1.82, 2.24) is 4.90 Å². The van der Waals surface area contributed by atoms with Crippen molar-refractivity contribution < 1.29 is 19.6 Å². The third-order valence-electron chi connectivity index (χ3n) is 4.55. The van der Waals surface area contributed by atoms with E-state index in [9.17, 15) is 20.0 Å². The molecule has 2 rings (SSSR count). The lowest BCUT2D eigenvalue weighted by Crippen LogP contribution is -2.41. The maximum absolute atomic E-state index is 12.1. The molecule has 0 bridgehead atoms. The monoisotopic (exact) mass is 386 g/mol. The highest BCUT2D eigenvalue weighted by Crippen LogP contribution is 2.39. The Balaban J connectivity index is 2.36. The molecule has 1 N–H and O–H groups in total. The number of hydrogen-bond donors (Lipinski definition) is 1. The number of benzene rings is 2. The fourth-order valence-corrected chi connectivity index (χ4v) is 3.37. The minimum atomic E-state index is -1.06. The van der Waals surface area contributed by atoms with Gasteiger partial charge in [-0.25, -0.2) is 4.79 Å². The van der Waals surface area contributed by atoms with Crippen LogP contribution in [-0.4, -0.2) is 34.7 Å². The predicted octanol–water partition coefficient (Wildman–Crippen LogP) is 4.91. The van der Waals surface area contributed by atoms with Crippen molar-refractivity contribution in [2.45, 2.75) is 33.2 Å². The largest absolute Gasteiger partial charge is 0.497 e. The van der Waals surface area contributed by atoms with Gasteiger partial charge in [0.2, 0.25) is 0 Å². The number of carboxylic acid groups (broad SMARTS) is 1. The lowest BCUT2D eigenvalue weighted by Gasteiger charge is -2.39. The summed E-state index contributed by atoms with van der Waals surface area (Å²) in [5.41, 5.74) is 1.05. The van der Waals surface area contributed by atoms with Crippen molar-refractivity contribution in [1.29, 1.82) is 0 Å². The van der Waals surface area contributed by atoms with Crippen LogP contribution < -0.4 is 4.74 Å². The Bertz CT molecular complexity index is 845. The smallest absolute Gasteiger partial charge is 0.407 e. The number of nitrogens with zero attached hydrogens (tertiary/aromatic N) is 2. The van der Waals surface area contributed by atoms with E-state index in [1.807, 2.05) is 45.0 Å². The Kier molecular flexibility index (Phi) is 6.62. The third-order valence-corrected chi connectivity index (χ3v) is 4.55. The molecule has 1 unspecified atom stereocenters. The zero-order chi connectivity index (χ0) is 20.9. The molecule has 1 atom stereocenters. The van der Waals surface area contributed by atoms with Crippen molar-refractivity contribution in [2.24, 2.45) is 5.41 Å². The van der Waals surface area contributed by atoms with Gasteiger partial charge in [-0.2, -0.15) is 0 Å². The molecule has 0 aliphatic heterocycles. The molecule has 0 heterocycles. The van der Waals surface area contributed by atoms with Crippen LogP contribution in [0.4, 0.5) is 10.5 Å². The van der Waals surface area contributed by atoms with E-state index in [2.05, 4.69) is 0 Å². The van der Waals surface area contributed by atoms with Crippen molar-refractivity contribution in [3.8, 4) is 5.75 Å². The van der Waals surface area contributed by atoms with Crippen LogP contribution in [0.1, 0.15) is 37.9 Å². The van der Waals surface area contributed by atoms with Crippen LogP contribution in [0.25, 0.3) is 0 Å². The molecule has 150 valence electrons. The quantitative estimate of drug-likeness (QED) is 0.539. The van der Waals surface area contributed by atoms with Crippen molar-refractivity contribution >= 4 is 11.8 Å². The number of hydrogen-bond acceptors (Lipinski definition) is 4. The molecule has 0 radical (unpaired) electrons. The van der Waals surface area contributed by atoms with Crippen molar-refractivity contribution in [3.63, 3.8) is 0 Å². The minimum absolute atomic E-state index is 0.0510. The highest BCUT2D eigenvalue weighted by molar-refractivity contribution is 5.66. The van der Waals surface area contributed by atoms with E-state index in [0.717, 1.165) is 5.56 Å². The van der Waals surface area contributed by atoms with Crippen molar-refractivity contribution in [2.75, 3.05) is 13.7 Å². The molecule has 2 aromatic carbocycles. The van der Waals surface area contributed by atoms with Crippen molar-refractivity contribution in [3.05, 3.63) is 69.8 Å². The third kappa shape index (κ3) is 5.22. The summed E-state index contributed by atoms with van der Waals surface area (Å²) in [6.45, 7) is 6.04. The second-order valence-corrected chi connectivity index (χ2v) is 7.70. The summed E-state index contributed by atoms with van der Waals surface area (Å²) in [4.78, 5) is 24.1. The number of nitro benzene ring substituents is 1. The van der Waals surface area contributed by atoms with E-state index < -0.39 is 22.5 Å². The van der Waals surface area contributed by atoms with E-state index in [0.29, 0.717) is 17.7 Å². The Morgan fingerprint density at radius 3 is 2.46 bits per heavy atom. The molecule has 1 amide bonds. The summed E-state index contributed by atoms with van der Waals surface area (Å²) in [6, 6.07) is 13.2. The molecule has 0 spiro atoms. The average molecular weight is 386 g/mol. The van der Waals surface area contributed by atoms with Gasteiger partial charge < -0.3 is 14.7 Å². The maximum Gasteiger partial charge on any atom is 0.407 e. The fourth-order valence-electron chi connectivity index (χ4n) is 3.37. The number of ether oxygens (including phenoxy) is 1. The van der Waals surface area contributed by atoms with Gasteiger partial charge in [-0.05, 0) is 35.1 Å². The normalized spacial score (nSPS) is 12.3. The van der Waals surface area contributed by atoms with Crippen LogP contribution in [0.15, 0.2) is 48.5 Å². The van der Waals surface area contributed by atoms with Crippen LogP contribution in [0.5, 0.6) is 5.75 Å². The first-order chi connectivity index (χ1) is 13.1. The molecule has 2 aromatic rings. The highest BCUT2D eigenvalue weighted by Gasteiger charge is 2.35. The van der Waals surface area contributed by atoms with Gasteiger partial charge in [-0.15, -0.1) is 0 Å². The van der Waals surface area contributed by atoms with Gasteiger partial charge in [0, 0.05) is 18.7 Å². The summed E-state index contributed by atoms with van der Waals surface area (Å²) in [5.74, 6) is 0.713. The Hall–Kier alpha value is -3.09. The van der Waals surface area contributed by atoms with Gasteiger partial charge in [0.1, 0.15) is 5.75 Å². The topological polar surface area (TPSA) is 92.9 Å². The lowest BCUT2D eigenvalue weighted by molar-refractivity contribution is -0.385. The van der Waals surface area contributed by atoms with Crippen LogP contribution in [0.3, 0.4) is 0 Å². The summed E-state index contributed by atoms with van der Waals surface area (Å²) in [7, 11) is 1.58. The Labute approximate surface area is 164 Å². The second kappa shape index (κ2) is 8.73. The summed E-state index contributed by atoms with van der Waals surface area (Å²) >= 11 is 0. The molecular formula is C21H26N2O5. The summed E-state index contributed by atoms with van der Waals surface area (Å²) in [5, 5.41) is 21.1. The van der Waals surface area contributed by atoms with Gasteiger partial charge in [0.25, 0.3) is 5.69 Å². The van der Waals surface area contributed by atoms with E-state index in [1.165, 1.54) is 17.0 Å². The molecule has 0 aromatic heterocycles. The van der Waals surface area contributed by atoms with Crippen LogP contribution in [-0.2, 0) is 6.42 Å². The maximum atomic E-state index is 12.1. The molecule has 28 heavy (non-hydrogen) atoms. The number of carbonyl (C=O) groups is 1. The standard InChI is InChI=1S/C21H26N2O5/c1-21(2,3)19(16-8-6-9-17(14-16)23(26)27)22(20(24)25)12-11-15-7-5-10-18(13-15)28-4/h5-10,13-14,19H,11-12H2,1-4H3,(H,24,25). The molecule has 7 heteroatoms. The molecule has 0 saturated heterocycles. The highest BCUT2D eigenvalue weighted by atomic mass is 16.6. The van der Waals surface area contributed by atoms with E-state index >= 15 is 0 Å². The average Bonchev–Trinajstić information content (AvgIpc) is 2.64. The van der Waals surface area contributed by atoms with Crippen LogP contribution in [0.2, 0.25) is 0 Å². The van der Waals surface area contributed by atoms with Gasteiger partial charge in [-0.3, -0.25) is 10.1 Å². The number of amides is 1. The first kappa shape index (κ1) is 21.2. The molecule has 0 saturated carbocycles. The summed E-state index contributed by atoms with van der Waals surface area (Å²) < 4.78 is 5.22. The number of nitro groups is 1. The predicted molar refractivity (Wildman–Crippen MR) is 107 cm³/mol. The Morgan fingerprint density at radius 2 is 1.89 bits per heavy atom. The fraction of sp³-hybridized carbons (Fsp3) is 0.381. The molecule has 0 aliphatic carbocycles. The molecule has 7 nitrogen and oxygen atoms in total. The van der Waals surface area contributed by atoms with Crippen LogP contribution in [0, 0.1) is 15.5 Å². The lowest BCUT2D eigenvalue weighted by atomic mass is 9.81. The van der Waals surface area contributed by atoms with Gasteiger partial charge in [0.05, 0.1) is 18.1 Å². The number of methoxy groups -OCH3 is 1. The Morgan fingerprint density at radius 1 is 1.21 bits per heavy atom. The number of non-ortho nitro benzene ring substituents is 1. The first-order valence-corrected chi connectivity index (χ1v) is 9.00. The van der Waals surface area contributed by atoms with E-state index in [1.54, 1.807) is 19.2 Å². The van der Waals surface area contributed by atoms with E-state index in [4.69, 9.17) is 4.74 Å². The van der Waals surface area contributed by atoms with Gasteiger partial charge in [-0.1, -0.05) is 45.0 Å². The van der Waals surface area contributed by atoms with Crippen LogP contribution >= 0.6 is 0 Å². The second-order valence-electron chi connectivity index (χ2n) is 7.70. The van der Waals surface area contributed by atoms with Gasteiger partial charge in [0.15, 0.2) is 0 Å². The molecule has 0 fully saturated rings. The van der Waals surface area contributed by atoms with Gasteiger partial charge >= 0.3 is 6.09 Å². The molecule has 0 aliphatic rings. The number of rotatable bonds is 7. The first-order valence-electron chi connectivity index (χ1n) is 9.00. The zero-order valence-electron chi connectivity index (χ0n) is 16.6. The zero-order valence-corrected chi connectivity index (χ0v) is 16.6. The van der Waals surface area contributed by atoms with E-state index in [-0.39, 0.29) is 12.2 Å². The summed E-state index contributed by atoms with van der Waals surface area (Å²) in [6.07, 6.45) is -0.556. The minimum Gasteiger partial charge on any atom is -0.497 e.